The summed E-state index contributed by atoms with van der Waals surface area (Å²) in [5.41, 5.74) is 2.77. The second kappa shape index (κ2) is 9.53. The lowest BCUT2D eigenvalue weighted by atomic mass is 10.1. The number of rotatable bonds is 9. The molecule has 156 valence electrons. The maximum atomic E-state index is 9.91. The highest BCUT2D eigenvalue weighted by molar-refractivity contribution is 9.10. The van der Waals surface area contributed by atoms with Gasteiger partial charge in [0.2, 0.25) is 0 Å². The minimum Gasteiger partial charge on any atom is -0.394 e. The van der Waals surface area contributed by atoms with E-state index in [0.717, 1.165) is 21.4 Å². The molecule has 29 heavy (non-hydrogen) atoms. The van der Waals surface area contributed by atoms with Crippen molar-refractivity contribution in [3.8, 4) is 0 Å². The molecule has 9 heteroatoms. The molecule has 0 unspecified atom stereocenters. The number of hydrogen-bond acceptors (Lipinski definition) is 7. The van der Waals surface area contributed by atoms with E-state index in [1.165, 1.54) is 0 Å². The van der Waals surface area contributed by atoms with E-state index in [1.807, 2.05) is 24.3 Å². The summed E-state index contributed by atoms with van der Waals surface area (Å²) in [5, 5.41) is 39.6. The fraction of sp³-hybridized carbons (Fsp3) is 0.400. The van der Waals surface area contributed by atoms with E-state index in [1.54, 1.807) is 16.8 Å². The van der Waals surface area contributed by atoms with Crippen molar-refractivity contribution in [1.29, 1.82) is 0 Å². The van der Waals surface area contributed by atoms with Crippen LogP contribution in [0, 0.1) is 0 Å². The van der Waals surface area contributed by atoms with Gasteiger partial charge in [-0.05, 0) is 17.5 Å². The summed E-state index contributed by atoms with van der Waals surface area (Å²) >= 11 is 3.56. The predicted molar refractivity (Wildman–Crippen MR) is 116 cm³/mol. The summed E-state index contributed by atoms with van der Waals surface area (Å²) in [6.45, 7) is 3.90. The van der Waals surface area contributed by atoms with Gasteiger partial charge in [-0.15, -0.1) is 0 Å². The molecule has 2 heterocycles. The number of aliphatic hydroxyl groups is 3. The van der Waals surface area contributed by atoms with Crippen molar-refractivity contribution in [1.82, 2.24) is 14.6 Å². The van der Waals surface area contributed by atoms with Crippen LogP contribution in [0.25, 0.3) is 5.65 Å². The third-order valence-electron chi connectivity index (χ3n) is 4.72. The summed E-state index contributed by atoms with van der Waals surface area (Å²) in [7, 11) is 0. The summed E-state index contributed by atoms with van der Waals surface area (Å²) in [4.78, 5) is 4.63. The van der Waals surface area contributed by atoms with Crippen molar-refractivity contribution in [2.24, 2.45) is 0 Å². The Morgan fingerprint density at radius 1 is 1.17 bits per heavy atom. The van der Waals surface area contributed by atoms with Gasteiger partial charge in [0.05, 0.1) is 31.6 Å². The van der Waals surface area contributed by atoms with Gasteiger partial charge < -0.3 is 26.0 Å². The number of hydrogen-bond donors (Lipinski definition) is 5. The fourth-order valence-electron chi connectivity index (χ4n) is 3.00. The molecule has 5 N–H and O–H groups in total. The molecule has 0 bridgehead atoms. The molecule has 3 aromatic rings. The molecular formula is C20H26BrN5O3. The van der Waals surface area contributed by atoms with Crippen LogP contribution in [0.5, 0.6) is 0 Å². The lowest BCUT2D eigenvalue weighted by Crippen LogP contribution is -2.39. The first-order valence-corrected chi connectivity index (χ1v) is 10.3. The highest BCUT2D eigenvalue weighted by Crippen LogP contribution is 2.25. The number of halogens is 1. The summed E-state index contributed by atoms with van der Waals surface area (Å²) in [5.74, 6) is 1.42. The van der Waals surface area contributed by atoms with Crippen LogP contribution in [-0.4, -0.2) is 55.3 Å². The zero-order valence-corrected chi connectivity index (χ0v) is 18.0. The SMILES string of the molecule is CC(C)c1cnn2c(NCc3ccccc3Br)cc(N[C@@H](CO)[C@H](O)CO)nc12. The van der Waals surface area contributed by atoms with Crippen LogP contribution < -0.4 is 10.6 Å². The van der Waals surface area contributed by atoms with Crippen molar-refractivity contribution < 1.29 is 15.3 Å². The molecule has 0 fully saturated rings. The molecular weight excluding hydrogens is 438 g/mol. The van der Waals surface area contributed by atoms with Gasteiger partial charge >= 0.3 is 0 Å². The van der Waals surface area contributed by atoms with E-state index in [-0.39, 0.29) is 12.5 Å². The lowest BCUT2D eigenvalue weighted by Gasteiger charge is -2.22. The molecule has 1 aromatic carbocycles. The van der Waals surface area contributed by atoms with E-state index in [9.17, 15) is 15.3 Å². The summed E-state index contributed by atoms with van der Waals surface area (Å²) in [6, 6.07) is 8.98. The average Bonchev–Trinajstić information content (AvgIpc) is 3.15. The smallest absolute Gasteiger partial charge is 0.163 e. The van der Waals surface area contributed by atoms with Crippen LogP contribution in [0.4, 0.5) is 11.6 Å². The number of nitrogens with one attached hydrogen (secondary N) is 2. The second-order valence-electron chi connectivity index (χ2n) is 7.14. The van der Waals surface area contributed by atoms with Gasteiger partial charge in [-0.25, -0.2) is 4.98 Å². The molecule has 2 atom stereocenters. The van der Waals surface area contributed by atoms with Crippen LogP contribution in [0.2, 0.25) is 0 Å². The third-order valence-corrected chi connectivity index (χ3v) is 5.49. The highest BCUT2D eigenvalue weighted by Gasteiger charge is 2.20. The van der Waals surface area contributed by atoms with E-state index in [4.69, 9.17) is 0 Å². The Bertz CT molecular complexity index is 962. The van der Waals surface area contributed by atoms with Gasteiger partial charge in [-0.2, -0.15) is 9.61 Å². The monoisotopic (exact) mass is 463 g/mol. The Labute approximate surface area is 177 Å². The molecule has 0 radical (unpaired) electrons. The molecule has 8 nitrogen and oxygen atoms in total. The zero-order chi connectivity index (χ0) is 21.0. The Kier molecular flexibility index (Phi) is 7.07. The normalized spacial score (nSPS) is 13.6. The average molecular weight is 464 g/mol. The third kappa shape index (κ3) is 4.87. The number of anilines is 2. The van der Waals surface area contributed by atoms with Crippen LogP contribution in [0.1, 0.15) is 30.9 Å². The van der Waals surface area contributed by atoms with Gasteiger partial charge in [0.15, 0.2) is 5.65 Å². The van der Waals surface area contributed by atoms with Crippen LogP contribution >= 0.6 is 15.9 Å². The predicted octanol–water partition coefficient (Wildman–Crippen LogP) is 2.35. The molecule has 0 aliphatic heterocycles. The molecule has 0 saturated heterocycles. The minimum absolute atomic E-state index is 0.225. The molecule has 0 amide bonds. The first-order chi connectivity index (χ1) is 13.9. The fourth-order valence-corrected chi connectivity index (χ4v) is 3.42. The first-order valence-electron chi connectivity index (χ1n) is 9.46. The van der Waals surface area contributed by atoms with E-state index in [2.05, 4.69) is 50.5 Å². The van der Waals surface area contributed by atoms with E-state index >= 15 is 0 Å². The summed E-state index contributed by atoms with van der Waals surface area (Å²) < 4.78 is 2.75. The highest BCUT2D eigenvalue weighted by atomic mass is 79.9. The molecule has 0 spiro atoms. The van der Waals surface area contributed by atoms with Gasteiger partial charge in [0.25, 0.3) is 0 Å². The van der Waals surface area contributed by atoms with Crippen LogP contribution in [0.15, 0.2) is 41.0 Å². The second-order valence-corrected chi connectivity index (χ2v) is 8.00. The van der Waals surface area contributed by atoms with Crippen molar-refractivity contribution in [3.63, 3.8) is 0 Å². The quantitative estimate of drug-likeness (QED) is 0.330. The molecule has 0 aliphatic carbocycles. The largest absolute Gasteiger partial charge is 0.394 e. The molecule has 0 saturated carbocycles. The van der Waals surface area contributed by atoms with Gasteiger partial charge in [0, 0.05) is 22.6 Å². The Balaban J connectivity index is 1.97. The number of nitrogens with zero attached hydrogens (tertiary/aromatic N) is 3. The van der Waals surface area contributed by atoms with Crippen LogP contribution in [-0.2, 0) is 6.54 Å². The zero-order valence-electron chi connectivity index (χ0n) is 16.4. The maximum absolute atomic E-state index is 9.91. The lowest BCUT2D eigenvalue weighted by molar-refractivity contribution is 0.0612. The Hall–Kier alpha value is -2.20. The number of aromatic nitrogens is 3. The van der Waals surface area contributed by atoms with E-state index in [0.29, 0.717) is 18.0 Å². The van der Waals surface area contributed by atoms with E-state index < -0.39 is 18.8 Å². The van der Waals surface area contributed by atoms with Crippen molar-refractivity contribution in [2.75, 3.05) is 23.8 Å². The number of aliphatic hydroxyl groups excluding tert-OH is 3. The molecule has 3 rings (SSSR count). The summed E-state index contributed by atoms with van der Waals surface area (Å²) in [6.07, 6.45) is 0.691. The standard InChI is InChI=1S/C20H26BrN5O3/c1-12(2)14-9-23-26-19(22-8-13-5-3-4-6-15(13)21)7-18(25-20(14)26)24-16(10-27)17(29)11-28/h3-7,9,12,16-17,22,27-29H,8,10-11H2,1-2H3,(H,24,25)/t16-,17+/m0/s1. The Morgan fingerprint density at radius 3 is 2.59 bits per heavy atom. The van der Waals surface area contributed by atoms with Crippen molar-refractivity contribution in [3.05, 3.63) is 52.1 Å². The van der Waals surface area contributed by atoms with Crippen LogP contribution in [0.3, 0.4) is 0 Å². The van der Waals surface area contributed by atoms with Gasteiger partial charge in [-0.3, -0.25) is 0 Å². The topological polar surface area (TPSA) is 115 Å². The minimum atomic E-state index is -1.11. The number of fused-ring (bicyclic) bond motifs is 1. The molecule has 2 aromatic heterocycles. The maximum Gasteiger partial charge on any atom is 0.163 e. The Morgan fingerprint density at radius 2 is 1.93 bits per heavy atom. The van der Waals surface area contributed by atoms with Gasteiger partial charge in [-0.1, -0.05) is 48.0 Å². The van der Waals surface area contributed by atoms with Gasteiger partial charge in [0.1, 0.15) is 11.6 Å². The first kappa shape index (κ1) is 21.5. The molecule has 0 aliphatic rings. The van der Waals surface area contributed by atoms with Crippen molar-refractivity contribution >= 4 is 33.2 Å². The van der Waals surface area contributed by atoms with Crippen molar-refractivity contribution in [2.45, 2.75) is 38.5 Å². The number of benzene rings is 1.